The molecular weight excluding hydrogens is 477 g/mol. The highest BCUT2D eigenvalue weighted by atomic mass is 19.4. The van der Waals surface area contributed by atoms with Gasteiger partial charge in [0, 0.05) is 12.0 Å². The van der Waals surface area contributed by atoms with Crippen molar-refractivity contribution in [2.45, 2.75) is 43.4 Å². The van der Waals surface area contributed by atoms with Crippen molar-refractivity contribution in [2.75, 3.05) is 6.61 Å². The van der Waals surface area contributed by atoms with Crippen molar-refractivity contribution in [2.24, 2.45) is 0 Å². The molecule has 37 heavy (non-hydrogen) atoms. The second kappa shape index (κ2) is 8.81. The Bertz CT molecular complexity index is 1420. The van der Waals surface area contributed by atoms with E-state index in [0.717, 1.165) is 28.3 Å². The number of amides is 1. The third kappa shape index (κ3) is 3.97. The summed E-state index contributed by atoms with van der Waals surface area (Å²) in [4.78, 5) is 14.9. The van der Waals surface area contributed by atoms with Gasteiger partial charge in [-0.3, -0.25) is 4.90 Å². The van der Waals surface area contributed by atoms with Gasteiger partial charge in [0.2, 0.25) is 0 Å². The van der Waals surface area contributed by atoms with Crippen LogP contribution in [-0.4, -0.2) is 29.7 Å². The number of carbonyl (C=O) groups is 1. The molecule has 0 aromatic heterocycles. The van der Waals surface area contributed by atoms with Gasteiger partial charge in [0.15, 0.2) is 0 Å². The van der Waals surface area contributed by atoms with Gasteiger partial charge >= 0.3 is 12.3 Å². The van der Waals surface area contributed by atoms with Crippen LogP contribution < -0.4 is 0 Å². The fourth-order valence-corrected chi connectivity index (χ4v) is 6.11. The lowest BCUT2D eigenvalue weighted by molar-refractivity contribution is -0.137. The van der Waals surface area contributed by atoms with Crippen LogP contribution in [0.1, 0.15) is 53.0 Å². The van der Waals surface area contributed by atoms with Crippen LogP contribution in [0.4, 0.5) is 18.0 Å². The van der Waals surface area contributed by atoms with Gasteiger partial charge in [0.05, 0.1) is 23.2 Å². The summed E-state index contributed by atoms with van der Waals surface area (Å²) in [5.74, 6) is -0.0575. The van der Waals surface area contributed by atoms with Gasteiger partial charge < -0.3 is 4.74 Å². The third-order valence-electron chi connectivity index (χ3n) is 7.74. The minimum absolute atomic E-state index is 0.0317. The number of nitrogens with zero attached hydrogens (tertiary/aromatic N) is 2. The molecule has 4 nitrogen and oxygen atoms in total. The van der Waals surface area contributed by atoms with E-state index in [9.17, 15) is 18.0 Å². The lowest BCUT2D eigenvalue weighted by atomic mass is 9.90. The Morgan fingerprint density at radius 3 is 2.27 bits per heavy atom. The van der Waals surface area contributed by atoms with Crippen LogP contribution in [-0.2, 0) is 10.9 Å². The fourth-order valence-electron chi connectivity index (χ4n) is 6.11. The Labute approximate surface area is 212 Å². The summed E-state index contributed by atoms with van der Waals surface area (Å²) in [7, 11) is 0. The quantitative estimate of drug-likeness (QED) is 0.384. The average Bonchev–Trinajstić information content (AvgIpc) is 3.37. The Morgan fingerprint density at radius 2 is 1.65 bits per heavy atom. The van der Waals surface area contributed by atoms with Gasteiger partial charge in [-0.25, -0.2) is 4.79 Å². The summed E-state index contributed by atoms with van der Waals surface area (Å²) in [6.07, 6.45) is -1.55. The van der Waals surface area contributed by atoms with Crippen LogP contribution in [0.5, 0.6) is 0 Å². The van der Waals surface area contributed by atoms with Gasteiger partial charge in [-0.1, -0.05) is 60.7 Å². The molecule has 1 fully saturated rings. The topological polar surface area (TPSA) is 53.3 Å². The monoisotopic (exact) mass is 500 g/mol. The molecule has 0 spiro atoms. The van der Waals surface area contributed by atoms with Crippen molar-refractivity contribution in [3.05, 3.63) is 101 Å². The van der Waals surface area contributed by atoms with Crippen molar-refractivity contribution < 1.29 is 22.7 Å². The molecule has 3 aromatic carbocycles. The van der Waals surface area contributed by atoms with Gasteiger partial charge in [0.25, 0.3) is 0 Å². The van der Waals surface area contributed by atoms with E-state index in [1.807, 2.05) is 24.3 Å². The number of carbonyl (C=O) groups excluding carboxylic acids is 1. The second-order valence-corrected chi connectivity index (χ2v) is 9.78. The van der Waals surface area contributed by atoms with Crippen molar-refractivity contribution in [3.63, 3.8) is 0 Å². The van der Waals surface area contributed by atoms with Crippen LogP contribution in [0, 0.1) is 11.3 Å². The largest absolute Gasteiger partial charge is 0.448 e. The Hall–Kier alpha value is -4.05. The molecule has 3 aromatic rings. The molecule has 2 unspecified atom stereocenters. The Morgan fingerprint density at radius 1 is 0.973 bits per heavy atom. The van der Waals surface area contributed by atoms with Crippen molar-refractivity contribution in [1.29, 1.82) is 5.26 Å². The lowest BCUT2D eigenvalue weighted by Crippen LogP contribution is -2.43. The fraction of sp³-hybridized carbons (Fsp3) is 0.267. The maximum absolute atomic E-state index is 13.8. The zero-order valence-corrected chi connectivity index (χ0v) is 19.8. The summed E-state index contributed by atoms with van der Waals surface area (Å²) >= 11 is 0. The minimum Gasteiger partial charge on any atom is -0.448 e. The van der Waals surface area contributed by atoms with E-state index in [0.29, 0.717) is 24.8 Å². The molecule has 2 atom stereocenters. The van der Waals surface area contributed by atoms with Gasteiger partial charge in [-0.2, -0.15) is 18.4 Å². The number of hydrogen-bond acceptors (Lipinski definition) is 3. The maximum atomic E-state index is 13.8. The predicted octanol–water partition coefficient (Wildman–Crippen LogP) is 7.15. The highest BCUT2D eigenvalue weighted by Crippen LogP contribution is 2.46. The molecular formula is C30H23F3N2O2. The molecule has 1 aliphatic carbocycles. The van der Waals surface area contributed by atoms with E-state index in [4.69, 9.17) is 10.00 Å². The first-order chi connectivity index (χ1) is 17.8. The third-order valence-corrected chi connectivity index (χ3v) is 7.74. The van der Waals surface area contributed by atoms with E-state index in [-0.39, 0.29) is 35.7 Å². The normalized spacial score (nSPS) is 20.2. The van der Waals surface area contributed by atoms with E-state index in [1.54, 1.807) is 17.0 Å². The molecule has 1 amide bonds. The molecule has 186 valence electrons. The first kappa shape index (κ1) is 23.4. The van der Waals surface area contributed by atoms with Crippen molar-refractivity contribution in [1.82, 2.24) is 4.90 Å². The van der Waals surface area contributed by atoms with Gasteiger partial charge in [0.1, 0.15) is 6.61 Å². The average molecular weight is 501 g/mol. The molecule has 7 heteroatoms. The zero-order chi connectivity index (χ0) is 25.7. The molecule has 2 aliphatic heterocycles. The molecule has 0 saturated carbocycles. The molecule has 2 heterocycles. The zero-order valence-electron chi connectivity index (χ0n) is 19.8. The van der Waals surface area contributed by atoms with Crippen LogP contribution in [0.25, 0.3) is 16.7 Å². The summed E-state index contributed by atoms with van der Waals surface area (Å²) in [5, 5.41) is 9.07. The standard InChI is InChI=1S/C30H23F3N2O2/c31-30(32,33)28-13-18(16-34)9-12-22(28)19-14-20-10-11-21(15-19)35(20)29(36)37-17-27-25-7-3-1-5-23(25)24-6-2-4-8-26(24)27/h1-9,12-14,20-21,27H,10-11,15,17H2. The van der Waals surface area contributed by atoms with Crippen LogP contribution >= 0.6 is 0 Å². The minimum atomic E-state index is -4.58. The number of hydrogen-bond donors (Lipinski definition) is 0. The molecule has 6 rings (SSSR count). The second-order valence-electron chi connectivity index (χ2n) is 9.78. The van der Waals surface area contributed by atoms with Crippen LogP contribution in [0.15, 0.2) is 72.8 Å². The molecule has 3 aliphatic rings. The maximum Gasteiger partial charge on any atom is 0.417 e. The van der Waals surface area contributed by atoms with E-state index < -0.39 is 17.8 Å². The number of nitriles is 1. The Kier molecular flexibility index (Phi) is 5.56. The molecule has 2 bridgehead atoms. The van der Waals surface area contributed by atoms with Crippen LogP contribution in [0.2, 0.25) is 0 Å². The lowest BCUT2D eigenvalue weighted by Gasteiger charge is -2.34. The number of rotatable bonds is 3. The Balaban J connectivity index is 1.23. The summed E-state index contributed by atoms with van der Waals surface area (Å²) in [6.45, 7) is 0.202. The number of benzene rings is 3. The molecule has 1 saturated heterocycles. The summed E-state index contributed by atoms with van der Waals surface area (Å²) in [6, 6.07) is 21.1. The van der Waals surface area contributed by atoms with Crippen molar-refractivity contribution >= 4 is 11.7 Å². The molecule has 0 radical (unpaired) electrons. The highest BCUT2D eigenvalue weighted by Gasteiger charge is 2.43. The van der Waals surface area contributed by atoms with Gasteiger partial charge in [-0.15, -0.1) is 0 Å². The van der Waals surface area contributed by atoms with E-state index in [2.05, 4.69) is 24.3 Å². The number of ether oxygens (including phenoxy) is 1. The first-order valence-corrected chi connectivity index (χ1v) is 12.3. The van der Waals surface area contributed by atoms with Crippen molar-refractivity contribution in [3.8, 4) is 17.2 Å². The highest BCUT2D eigenvalue weighted by molar-refractivity contribution is 5.80. The van der Waals surface area contributed by atoms with E-state index in [1.165, 1.54) is 12.1 Å². The smallest absolute Gasteiger partial charge is 0.417 e. The van der Waals surface area contributed by atoms with Gasteiger partial charge in [-0.05, 0) is 64.8 Å². The molecule has 0 N–H and O–H groups in total. The number of fused-ring (bicyclic) bond motifs is 5. The predicted molar refractivity (Wildman–Crippen MR) is 132 cm³/mol. The number of halogens is 3. The number of alkyl halides is 3. The van der Waals surface area contributed by atoms with Crippen LogP contribution in [0.3, 0.4) is 0 Å². The first-order valence-electron chi connectivity index (χ1n) is 12.3. The van der Waals surface area contributed by atoms with E-state index >= 15 is 0 Å². The summed E-state index contributed by atoms with van der Waals surface area (Å²) in [5.41, 5.74) is 4.34. The summed E-state index contributed by atoms with van der Waals surface area (Å²) < 4.78 is 47.2. The SMILES string of the molecule is N#Cc1ccc(C2=CC3CCC(C2)N3C(=O)OCC2c3ccccc3-c3ccccc32)c(C(F)(F)F)c1.